The predicted molar refractivity (Wildman–Crippen MR) is 123 cm³/mol. The number of amides is 2. The fourth-order valence-corrected chi connectivity index (χ4v) is 4.20. The van der Waals surface area contributed by atoms with Gasteiger partial charge in [-0.15, -0.1) is 10.2 Å². The molecule has 0 saturated carbocycles. The molecular weight excluding hydrogens is 470 g/mol. The Bertz CT molecular complexity index is 1230. The quantitative estimate of drug-likeness (QED) is 0.161. The minimum absolute atomic E-state index is 0.0588. The first kappa shape index (κ1) is 22.2. The summed E-state index contributed by atoms with van der Waals surface area (Å²) in [6, 6.07) is 10.9. The molecule has 0 unspecified atom stereocenters. The van der Waals surface area contributed by atoms with Crippen molar-refractivity contribution in [3.63, 3.8) is 0 Å². The molecule has 4 rings (SSSR count). The number of nitrogens with zero attached hydrogens (tertiary/aromatic N) is 3. The Morgan fingerprint density at radius 2 is 1.91 bits per heavy atom. The van der Waals surface area contributed by atoms with Crippen LogP contribution in [0.3, 0.4) is 0 Å². The van der Waals surface area contributed by atoms with Crippen LogP contribution in [-0.4, -0.2) is 39.5 Å². The number of hydrogen-bond acceptors (Lipinski definition) is 10. The van der Waals surface area contributed by atoms with Crippen molar-refractivity contribution in [2.24, 2.45) is 0 Å². The van der Waals surface area contributed by atoms with Crippen molar-refractivity contribution in [3.8, 4) is 11.5 Å². The van der Waals surface area contributed by atoms with E-state index < -0.39 is 4.92 Å². The smallest absolute Gasteiger partial charge is 0.269 e. The van der Waals surface area contributed by atoms with Gasteiger partial charge in [-0.05, 0) is 35.9 Å². The average molecular weight is 486 g/mol. The van der Waals surface area contributed by atoms with Crippen LogP contribution in [-0.2, 0) is 9.59 Å². The van der Waals surface area contributed by atoms with Gasteiger partial charge < -0.3 is 14.8 Å². The van der Waals surface area contributed by atoms with E-state index in [1.54, 1.807) is 24.3 Å². The lowest BCUT2D eigenvalue weighted by atomic mass is 10.2. The first-order valence-corrected chi connectivity index (χ1v) is 11.2. The number of hydrogen-bond donors (Lipinski definition) is 2. The molecule has 33 heavy (non-hydrogen) atoms. The van der Waals surface area contributed by atoms with E-state index in [-0.39, 0.29) is 30.0 Å². The number of aromatic nitrogens is 2. The number of benzene rings is 2. The molecule has 1 aliphatic rings. The second-order valence-corrected chi connectivity index (χ2v) is 8.65. The number of fused-ring (bicyclic) bond motifs is 1. The van der Waals surface area contributed by atoms with E-state index in [2.05, 4.69) is 20.8 Å². The first-order chi connectivity index (χ1) is 16.0. The number of carbonyl (C=O) groups excluding carboxylic acids is 2. The molecule has 0 saturated heterocycles. The van der Waals surface area contributed by atoms with Crippen LogP contribution in [0.2, 0.25) is 0 Å². The molecule has 0 aliphatic carbocycles. The van der Waals surface area contributed by atoms with E-state index >= 15 is 0 Å². The summed E-state index contributed by atoms with van der Waals surface area (Å²) in [7, 11) is 0. The summed E-state index contributed by atoms with van der Waals surface area (Å²) in [6.45, 7) is 0.180. The first-order valence-electron chi connectivity index (χ1n) is 9.35. The van der Waals surface area contributed by atoms with Gasteiger partial charge in [0.15, 0.2) is 15.8 Å². The maximum Gasteiger partial charge on any atom is 0.269 e. The van der Waals surface area contributed by atoms with Crippen molar-refractivity contribution in [3.05, 3.63) is 64.2 Å². The molecule has 1 aromatic heterocycles. The molecule has 0 atom stereocenters. The summed E-state index contributed by atoms with van der Waals surface area (Å²) in [5.41, 5.74) is 1.17. The Balaban J connectivity index is 1.24. The Hall–Kier alpha value is -3.97. The van der Waals surface area contributed by atoms with Gasteiger partial charge in [0.25, 0.3) is 5.69 Å². The summed E-state index contributed by atoms with van der Waals surface area (Å²) in [4.78, 5) is 34.4. The molecular formula is C20H15N5O6S2. The highest BCUT2D eigenvalue weighted by Gasteiger charge is 2.13. The van der Waals surface area contributed by atoms with Gasteiger partial charge in [-0.1, -0.05) is 29.2 Å². The standard InChI is InChI=1S/C20H15N5O6S2/c26-17(8-2-12-1-7-15-16(9-12)31-11-30-15)22-19-23-24-20(33-19)32-10-18(27)21-13-3-5-14(6-4-13)25(28)29/h1-9H,10-11H2,(H,21,27)(H,22,23,26)/b8-2+. The Morgan fingerprint density at radius 1 is 1.12 bits per heavy atom. The topological polar surface area (TPSA) is 146 Å². The Kier molecular flexibility index (Phi) is 6.80. The highest BCUT2D eigenvalue weighted by atomic mass is 32.2. The molecule has 0 radical (unpaired) electrons. The minimum Gasteiger partial charge on any atom is -0.454 e. The minimum atomic E-state index is -0.513. The van der Waals surface area contributed by atoms with Gasteiger partial charge in [-0.25, -0.2) is 0 Å². The van der Waals surface area contributed by atoms with Crippen molar-refractivity contribution < 1.29 is 24.0 Å². The summed E-state index contributed by atoms with van der Waals surface area (Å²) in [5, 5.41) is 24.1. The van der Waals surface area contributed by atoms with Crippen LogP contribution in [0.4, 0.5) is 16.5 Å². The maximum absolute atomic E-state index is 12.1. The molecule has 13 heteroatoms. The van der Waals surface area contributed by atoms with Crippen LogP contribution in [0, 0.1) is 10.1 Å². The van der Waals surface area contributed by atoms with E-state index in [1.165, 1.54) is 30.3 Å². The third kappa shape index (κ3) is 6.05. The van der Waals surface area contributed by atoms with Crippen molar-refractivity contribution in [1.82, 2.24) is 10.2 Å². The number of anilines is 2. The number of nitro groups is 1. The van der Waals surface area contributed by atoms with Crippen molar-refractivity contribution in [1.29, 1.82) is 0 Å². The number of carbonyl (C=O) groups is 2. The van der Waals surface area contributed by atoms with Crippen LogP contribution >= 0.6 is 23.1 Å². The lowest BCUT2D eigenvalue weighted by Gasteiger charge is -2.03. The zero-order valence-corrected chi connectivity index (χ0v) is 18.4. The van der Waals surface area contributed by atoms with Crippen LogP contribution in [0.5, 0.6) is 11.5 Å². The van der Waals surface area contributed by atoms with Gasteiger partial charge >= 0.3 is 0 Å². The lowest BCUT2D eigenvalue weighted by molar-refractivity contribution is -0.384. The maximum atomic E-state index is 12.1. The van der Waals surface area contributed by atoms with Gasteiger partial charge in [-0.3, -0.25) is 25.0 Å². The monoisotopic (exact) mass is 485 g/mol. The van der Waals surface area contributed by atoms with Gasteiger partial charge in [0, 0.05) is 23.9 Å². The largest absolute Gasteiger partial charge is 0.454 e. The Labute approximate surface area is 195 Å². The Morgan fingerprint density at radius 3 is 2.70 bits per heavy atom. The summed E-state index contributed by atoms with van der Waals surface area (Å²) in [5.74, 6) is 0.666. The van der Waals surface area contributed by atoms with E-state index in [0.29, 0.717) is 26.7 Å². The van der Waals surface area contributed by atoms with E-state index in [0.717, 1.165) is 28.7 Å². The SMILES string of the molecule is O=C(/C=C/c1ccc2c(c1)OCO2)Nc1nnc(SCC(=O)Nc2ccc([N+](=O)[O-])cc2)s1. The van der Waals surface area contributed by atoms with E-state index in [9.17, 15) is 19.7 Å². The molecule has 11 nitrogen and oxygen atoms in total. The van der Waals surface area contributed by atoms with Crippen LogP contribution in [0.1, 0.15) is 5.56 Å². The van der Waals surface area contributed by atoms with Gasteiger partial charge in [0.2, 0.25) is 23.7 Å². The lowest BCUT2D eigenvalue weighted by Crippen LogP contribution is -2.13. The fraction of sp³-hybridized carbons (Fsp3) is 0.100. The molecule has 2 N–H and O–H groups in total. The molecule has 2 aromatic carbocycles. The van der Waals surface area contributed by atoms with Gasteiger partial charge in [0.05, 0.1) is 10.7 Å². The number of ether oxygens (including phenoxy) is 2. The summed E-state index contributed by atoms with van der Waals surface area (Å²) >= 11 is 2.29. The highest BCUT2D eigenvalue weighted by molar-refractivity contribution is 8.01. The molecule has 0 bridgehead atoms. The number of nitrogens with one attached hydrogen (secondary N) is 2. The normalized spacial score (nSPS) is 12.0. The third-order valence-corrected chi connectivity index (χ3v) is 6.12. The highest BCUT2D eigenvalue weighted by Crippen LogP contribution is 2.32. The molecule has 0 fully saturated rings. The third-order valence-electron chi connectivity index (χ3n) is 4.15. The van der Waals surface area contributed by atoms with Crippen molar-refractivity contribution in [2.75, 3.05) is 23.2 Å². The van der Waals surface area contributed by atoms with Crippen LogP contribution in [0.15, 0.2) is 52.9 Å². The van der Waals surface area contributed by atoms with Crippen molar-refractivity contribution in [2.45, 2.75) is 4.34 Å². The zero-order chi connectivity index (χ0) is 23.2. The number of rotatable bonds is 8. The number of nitro benzene ring substituents is 1. The van der Waals surface area contributed by atoms with Gasteiger partial charge in [-0.2, -0.15) is 0 Å². The number of non-ortho nitro benzene ring substituents is 1. The fourth-order valence-electron chi connectivity index (χ4n) is 2.65. The molecule has 3 aromatic rings. The molecule has 2 heterocycles. The summed E-state index contributed by atoms with van der Waals surface area (Å²) in [6.07, 6.45) is 3.00. The summed E-state index contributed by atoms with van der Waals surface area (Å²) < 4.78 is 11.1. The van der Waals surface area contributed by atoms with Gasteiger partial charge in [0.1, 0.15) is 0 Å². The van der Waals surface area contributed by atoms with E-state index in [1.807, 2.05) is 0 Å². The second kappa shape index (κ2) is 10.1. The van der Waals surface area contributed by atoms with Crippen LogP contribution < -0.4 is 20.1 Å². The molecule has 1 aliphatic heterocycles. The van der Waals surface area contributed by atoms with E-state index in [4.69, 9.17) is 9.47 Å². The molecule has 168 valence electrons. The van der Waals surface area contributed by atoms with Crippen molar-refractivity contribution >= 4 is 57.5 Å². The second-order valence-electron chi connectivity index (χ2n) is 6.45. The van der Waals surface area contributed by atoms with Crippen LogP contribution in [0.25, 0.3) is 6.08 Å². The zero-order valence-electron chi connectivity index (χ0n) is 16.7. The molecule has 2 amide bonds. The predicted octanol–water partition coefficient (Wildman–Crippen LogP) is 3.56. The number of thioether (sulfide) groups is 1. The molecule has 0 spiro atoms. The average Bonchev–Trinajstić information content (AvgIpc) is 3.45.